The quantitative estimate of drug-likeness (QED) is 0.439. The van der Waals surface area contributed by atoms with Gasteiger partial charge in [-0.25, -0.2) is 9.13 Å². The predicted octanol–water partition coefficient (Wildman–Crippen LogP) is 4.02. The Hall–Kier alpha value is -0.790. The molecule has 0 amide bonds. The molecule has 0 aromatic carbocycles. The largest absolute Gasteiger partial charge is 0.256 e. The summed E-state index contributed by atoms with van der Waals surface area (Å²) in [5.74, 6) is 1.49. The highest BCUT2D eigenvalue weighted by Gasteiger charge is 2.12. The maximum atomic E-state index is 2.41. The lowest BCUT2D eigenvalue weighted by molar-refractivity contribution is -0.678. The molecule has 0 atom stereocenters. The fourth-order valence-electron chi connectivity index (χ4n) is 2.56. The number of hydrogen-bond donors (Lipinski definition) is 0. The first-order valence-electron chi connectivity index (χ1n) is 7.83. The molecule has 0 spiro atoms. The van der Waals surface area contributed by atoms with Gasteiger partial charge < -0.3 is 0 Å². The molecule has 0 aliphatic rings. The number of rotatable bonds is 10. The molecule has 1 aromatic heterocycles. The Labute approximate surface area is 113 Å². The Morgan fingerprint density at radius 2 is 1.61 bits per heavy atom. The summed E-state index contributed by atoms with van der Waals surface area (Å²) in [5.41, 5.74) is 0. The standard InChI is InChI=1S/C16H31N2/c1-4-6-7-8-9-10-11-12-16-17(3)14-15-18(16)13-5-2/h14-15H,4-13H2,1-3H3/q+1. The van der Waals surface area contributed by atoms with E-state index in [0.29, 0.717) is 0 Å². The summed E-state index contributed by atoms with van der Waals surface area (Å²) >= 11 is 0. The Balaban J connectivity index is 2.20. The second kappa shape index (κ2) is 9.18. The van der Waals surface area contributed by atoms with E-state index in [4.69, 9.17) is 0 Å². The zero-order valence-electron chi connectivity index (χ0n) is 12.6. The van der Waals surface area contributed by atoms with Gasteiger partial charge in [0.2, 0.25) is 0 Å². The molecule has 0 bridgehead atoms. The van der Waals surface area contributed by atoms with Crippen molar-refractivity contribution in [2.75, 3.05) is 0 Å². The summed E-state index contributed by atoms with van der Waals surface area (Å²) in [6.07, 6.45) is 16.6. The molecule has 2 nitrogen and oxygen atoms in total. The highest BCUT2D eigenvalue weighted by molar-refractivity contribution is 4.83. The van der Waals surface area contributed by atoms with Crippen molar-refractivity contribution in [1.82, 2.24) is 4.57 Å². The van der Waals surface area contributed by atoms with Crippen LogP contribution in [0.15, 0.2) is 12.4 Å². The lowest BCUT2D eigenvalue weighted by atomic mass is 10.1. The number of aryl methyl sites for hydroxylation is 2. The molecule has 0 saturated carbocycles. The third-order valence-corrected chi connectivity index (χ3v) is 3.68. The fraction of sp³-hybridized carbons (Fsp3) is 0.812. The molecule has 0 unspecified atom stereocenters. The molecule has 1 rings (SSSR count). The van der Waals surface area contributed by atoms with E-state index in [-0.39, 0.29) is 0 Å². The molecule has 0 saturated heterocycles. The molecule has 0 aliphatic carbocycles. The van der Waals surface area contributed by atoms with Crippen molar-refractivity contribution < 1.29 is 4.57 Å². The molecule has 1 aromatic rings. The minimum atomic E-state index is 1.16. The van der Waals surface area contributed by atoms with Gasteiger partial charge in [-0.2, -0.15) is 0 Å². The molecular weight excluding hydrogens is 220 g/mol. The van der Waals surface area contributed by atoms with Gasteiger partial charge in [0.1, 0.15) is 12.4 Å². The van der Waals surface area contributed by atoms with E-state index in [1.54, 1.807) is 0 Å². The number of nitrogens with zero attached hydrogens (tertiary/aromatic N) is 2. The molecule has 18 heavy (non-hydrogen) atoms. The van der Waals surface area contributed by atoms with Gasteiger partial charge in [0.25, 0.3) is 5.82 Å². The molecule has 104 valence electrons. The van der Waals surface area contributed by atoms with Gasteiger partial charge in [0.05, 0.1) is 13.6 Å². The van der Waals surface area contributed by atoms with E-state index in [2.05, 4.69) is 42.4 Å². The SMILES string of the molecule is CCCCCCCCCc1n(CCC)cc[n+]1C. The third-order valence-electron chi connectivity index (χ3n) is 3.68. The van der Waals surface area contributed by atoms with Crippen molar-refractivity contribution in [2.45, 2.75) is 78.2 Å². The summed E-state index contributed by atoms with van der Waals surface area (Å²) in [6.45, 7) is 5.69. The second-order valence-corrected chi connectivity index (χ2v) is 5.39. The van der Waals surface area contributed by atoms with E-state index >= 15 is 0 Å². The van der Waals surface area contributed by atoms with Crippen LogP contribution < -0.4 is 4.57 Å². The van der Waals surface area contributed by atoms with Crippen LogP contribution in [-0.4, -0.2) is 4.57 Å². The number of imidazole rings is 1. The second-order valence-electron chi connectivity index (χ2n) is 5.39. The van der Waals surface area contributed by atoms with Gasteiger partial charge in [-0.1, -0.05) is 52.4 Å². The molecule has 0 radical (unpaired) electrons. The molecule has 0 fully saturated rings. The fourth-order valence-corrected chi connectivity index (χ4v) is 2.56. The van der Waals surface area contributed by atoms with E-state index in [1.807, 2.05) is 0 Å². The Morgan fingerprint density at radius 3 is 2.28 bits per heavy atom. The average molecular weight is 251 g/mol. The number of hydrogen-bond acceptors (Lipinski definition) is 0. The van der Waals surface area contributed by atoms with Crippen LogP contribution in [0.4, 0.5) is 0 Å². The van der Waals surface area contributed by atoms with Gasteiger partial charge >= 0.3 is 0 Å². The van der Waals surface area contributed by atoms with E-state index in [1.165, 1.54) is 63.6 Å². The van der Waals surface area contributed by atoms with Crippen molar-refractivity contribution in [3.8, 4) is 0 Å². The smallest absolute Gasteiger partial charge is 0.237 e. The highest BCUT2D eigenvalue weighted by atomic mass is 15.1. The van der Waals surface area contributed by atoms with Crippen molar-refractivity contribution in [1.29, 1.82) is 0 Å². The van der Waals surface area contributed by atoms with Crippen LogP contribution in [0.3, 0.4) is 0 Å². The number of unbranched alkanes of at least 4 members (excludes halogenated alkanes) is 6. The Morgan fingerprint density at radius 1 is 0.944 bits per heavy atom. The first-order chi connectivity index (χ1) is 8.79. The normalized spacial score (nSPS) is 11.1. The summed E-state index contributed by atoms with van der Waals surface area (Å²) in [4.78, 5) is 0. The Bertz CT molecular complexity index is 315. The summed E-state index contributed by atoms with van der Waals surface area (Å²) in [7, 11) is 2.17. The minimum absolute atomic E-state index is 1.16. The van der Waals surface area contributed by atoms with Gasteiger partial charge in [-0.05, 0) is 12.8 Å². The van der Waals surface area contributed by atoms with Crippen molar-refractivity contribution in [2.24, 2.45) is 7.05 Å². The van der Waals surface area contributed by atoms with E-state index < -0.39 is 0 Å². The lowest BCUT2D eigenvalue weighted by Gasteiger charge is -2.02. The van der Waals surface area contributed by atoms with Gasteiger partial charge in [-0.3, -0.25) is 0 Å². The maximum absolute atomic E-state index is 2.41. The topological polar surface area (TPSA) is 8.81 Å². The van der Waals surface area contributed by atoms with E-state index in [0.717, 1.165) is 6.54 Å². The molecule has 0 N–H and O–H groups in total. The molecule has 2 heteroatoms. The molecule has 1 heterocycles. The summed E-state index contributed by atoms with van der Waals surface area (Å²) in [5, 5.41) is 0. The average Bonchev–Trinajstić information content (AvgIpc) is 2.70. The van der Waals surface area contributed by atoms with Crippen molar-refractivity contribution >= 4 is 0 Å². The molecular formula is C16H31N2+. The minimum Gasteiger partial charge on any atom is -0.237 e. The third kappa shape index (κ3) is 5.24. The highest BCUT2D eigenvalue weighted by Crippen LogP contribution is 2.09. The number of aromatic nitrogens is 2. The zero-order chi connectivity index (χ0) is 13.2. The predicted molar refractivity (Wildman–Crippen MR) is 77.6 cm³/mol. The lowest BCUT2D eigenvalue weighted by Crippen LogP contribution is -2.32. The van der Waals surface area contributed by atoms with Crippen LogP contribution >= 0.6 is 0 Å². The van der Waals surface area contributed by atoms with Crippen LogP contribution in [0.2, 0.25) is 0 Å². The van der Waals surface area contributed by atoms with Crippen LogP contribution in [-0.2, 0) is 20.0 Å². The summed E-state index contributed by atoms with van der Waals surface area (Å²) in [6, 6.07) is 0. The maximum Gasteiger partial charge on any atom is 0.256 e. The van der Waals surface area contributed by atoms with Gasteiger partial charge in [0.15, 0.2) is 0 Å². The monoisotopic (exact) mass is 251 g/mol. The van der Waals surface area contributed by atoms with Crippen molar-refractivity contribution in [3.05, 3.63) is 18.2 Å². The first kappa shape index (κ1) is 15.3. The van der Waals surface area contributed by atoms with E-state index in [9.17, 15) is 0 Å². The molecule has 0 aliphatic heterocycles. The van der Waals surface area contributed by atoms with Gasteiger partial charge in [-0.15, -0.1) is 0 Å². The van der Waals surface area contributed by atoms with Gasteiger partial charge in [0, 0.05) is 6.42 Å². The van der Waals surface area contributed by atoms with Crippen LogP contribution in [0.25, 0.3) is 0 Å². The van der Waals surface area contributed by atoms with Crippen molar-refractivity contribution in [3.63, 3.8) is 0 Å². The zero-order valence-corrected chi connectivity index (χ0v) is 12.6. The Kier molecular flexibility index (Phi) is 7.79. The first-order valence-corrected chi connectivity index (χ1v) is 7.83. The van der Waals surface area contributed by atoms with Crippen LogP contribution in [0.5, 0.6) is 0 Å². The summed E-state index contributed by atoms with van der Waals surface area (Å²) < 4.78 is 4.70. The van der Waals surface area contributed by atoms with Crippen LogP contribution in [0, 0.1) is 0 Å². The van der Waals surface area contributed by atoms with Crippen LogP contribution in [0.1, 0.15) is 71.0 Å².